The number of phenolic OH excluding ortho intramolecular Hbond substituents is 1. The molecule has 0 unspecified atom stereocenters. The highest BCUT2D eigenvalue weighted by molar-refractivity contribution is 6.02. The highest BCUT2D eigenvalue weighted by Crippen LogP contribution is 2.34. The maximum Gasteiger partial charge on any atom is 0.182 e. The Bertz CT molecular complexity index is 1010. The lowest BCUT2D eigenvalue weighted by atomic mass is 9.99. The number of phenols is 1. The molecule has 0 spiro atoms. The van der Waals surface area contributed by atoms with Gasteiger partial charge in [0.2, 0.25) is 0 Å². The Morgan fingerprint density at radius 3 is 2.54 bits per heavy atom. The molecule has 2 aromatic heterocycles. The highest BCUT2D eigenvalue weighted by Gasteiger charge is 2.14. The Balaban J connectivity index is 1.94. The third kappa shape index (κ3) is 2.41. The average Bonchev–Trinajstić information content (AvgIpc) is 3.06. The van der Waals surface area contributed by atoms with Crippen molar-refractivity contribution in [1.82, 2.24) is 15.2 Å². The lowest BCUT2D eigenvalue weighted by Crippen LogP contribution is -1.86. The summed E-state index contributed by atoms with van der Waals surface area (Å²) >= 11 is 0. The summed E-state index contributed by atoms with van der Waals surface area (Å²) < 4.78 is 0. The number of nitrogens with zero attached hydrogens (tertiary/aromatic N) is 2. The summed E-state index contributed by atoms with van der Waals surface area (Å²) in [5.41, 5.74) is 5.16. The molecule has 0 radical (unpaired) electrons. The zero-order valence-electron chi connectivity index (χ0n) is 12.8. The van der Waals surface area contributed by atoms with Crippen molar-refractivity contribution in [3.63, 3.8) is 0 Å². The van der Waals surface area contributed by atoms with Gasteiger partial charge in [-0.05, 0) is 34.9 Å². The van der Waals surface area contributed by atoms with Crippen molar-refractivity contribution in [3.8, 4) is 28.1 Å². The van der Waals surface area contributed by atoms with Gasteiger partial charge in [0.05, 0.1) is 17.7 Å². The zero-order chi connectivity index (χ0) is 16.5. The van der Waals surface area contributed by atoms with Crippen LogP contribution < -0.4 is 0 Å². The molecule has 2 heterocycles. The molecule has 5 nitrogen and oxygen atoms in total. The number of aromatic amines is 1. The quantitative estimate of drug-likeness (QED) is 0.540. The first-order chi connectivity index (χ1) is 11.8. The minimum Gasteiger partial charge on any atom is -0.508 e. The molecule has 0 atom stereocenters. The third-order valence-electron chi connectivity index (χ3n) is 4.04. The van der Waals surface area contributed by atoms with Gasteiger partial charge in [-0.25, -0.2) is 4.98 Å². The van der Waals surface area contributed by atoms with Crippen molar-refractivity contribution in [3.05, 3.63) is 66.4 Å². The van der Waals surface area contributed by atoms with Crippen molar-refractivity contribution in [2.24, 2.45) is 0 Å². The number of aliphatic hydroxyl groups is 1. The standard InChI is InChI=1S/C19H15N3O2/c23-11-12-4-6-13(7-5-12)16-8-9-20-19-17(16)18(21-22-19)14-2-1-3-15(24)10-14/h1-10,23-24H,11H2,(H,20,21,22). The smallest absolute Gasteiger partial charge is 0.182 e. The minimum absolute atomic E-state index is 0.0201. The molecule has 0 bridgehead atoms. The van der Waals surface area contributed by atoms with Crippen LogP contribution in [0.25, 0.3) is 33.4 Å². The summed E-state index contributed by atoms with van der Waals surface area (Å²) in [7, 11) is 0. The van der Waals surface area contributed by atoms with E-state index in [1.54, 1.807) is 24.4 Å². The molecular weight excluding hydrogens is 302 g/mol. The summed E-state index contributed by atoms with van der Waals surface area (Å²) in [5, 5.41) is 27.2. The Morgan fingerprint density at radius 1 is 0.958 bits per heavy atom. The molecule has 0 saturated heterocycles. The molecular formula is C19H15N3O2. The fraction of sp³-hybridized carbons (Fsp3) is 0.0526. The molecule has 0 aliphatic carbocycles. The Hall–Kier alpha value is -3.18. The second-order valence-electron chi connectivity index (χ2n) is 5.56. The fourth-order valence-corrected chi connectivity index (χ4v) is 2.85. The molecule has 2 aromatic carbocycles. The van der Waals surface area contributed by atoms with Crippen LogP contribution in [0.15, 0.2) is 60.8 Å². The van der Waals surface area contributed by atoms with Gasteiger partial charge in [0.25, 0.3) is 0 Å². The highest BCUT2D eigenvalue weighted by atomic mass is 16.3. The number of hydrogen-bond acceptors (Lipinski definition) is 4. The van der Waals surface area contributed by atoms with E-state index in [0.29, 0.717) is 5.65 Å². The average molecular weight is 317 g/mol. The zero-order valence-corrected chi connectivity index (χ0v) is 12.8. The van der Waals surface area contributed by atoms with Crippen LogP contribution in [0.5, 0.6) is 5.75 Å². The monoisotopic (exact) mass is 317 g/mol. The van der Waals surface area contributed by atoms with E-state index in [2.05, 4.69) is 15.2 Å². The van der Waals surface area contributed by atoms with Crippen molar-refractivity contribution in [2.45, 2.75) is 6.61 Å². The summed E-state index contributed by atoms with van der Waals surface area (Å²) in [6.07, 6.45) is 1.73. The minimum atomic E-state index is 0.0201. The van der Waals surface area contributed by atoms with Crippen molar-refractivity contribution < 1.29 is 10.2 Å². The van der Waals surface area contributed by atoms with Gasteiger partial charge in [0.15, 0.2) is 5.65 Å². The van der Waals surface area contributed by atoms with Gasteiger partial charge in [-0.3, -0.25) is 5.10 Å². The Labute approximate surface area is 138 Å². The van der Waals surface area contributed by atoms with Crippen LogP contribution in [0.2, 0.25) is 0 Å². The maximum atomic E-state index is 9.75. The number of aromatic hydroxyl groups is 1. The molecule has 4 aromatic rings. The van der Waals surface area contributed by atoms with Gasteiger partial charge in [-0.1, -0.05) is 36.4 Å². The van der Waals surface area contributed by atoms with Gasteiger partial charge in [0, 0.05) is 11.8 Å². The lowest BCUT2D eigenvalue weighted by molar-refractivity contribution is 0.282. The van der Waals surface area contributed by atoms with Crippen LogP contribution in [-0.4, -0.2) is 25.4 Å². The van der Waals surface area contributed by atoms with Gasteiger partial charge in [-0.15, -0.1) is 0 Å². The first-order valence-corrected chi connectivity index (χ1v) is 7.59. The number of rotatable bonds is 3. The summed E-state index contributed by atoms with van der Waals surface area (Å²) in [6.45, 7) is 0.0201. The van der Waals surface area contributed by atoms with Crippen LogP contribution in [0.4, 0.5) is 0 Å². The molecule has 5 heteroatoms. The molecule has 0 aliphatic heterocycles. The number of H-pyrrole nitrogens is 1. The largest absolute Gasteiger partial charge is 0.508 e. The van der Waals surface area contributed by atoms with E-state index in [9.17, 15) is 10.2 Å². The van der Waals surface area contributed by atoms with Crippen LogP contribution in [0.3, 0.4) is 0 Å². The number of nitrogens with one attached hydrogen (secondary N) is 1. The third-order valence-corrected chi connectivity index (χ3v) is 4.04. The number of aliphatic hydroxyl groups excluding tert-OH is 1. The molecule has 0 saturated carbocycles. The van der Waals surface area contributed by atoms with E-state index in [4.69, 9.17) is 0 Å². The molecule has 4 rings (SSSR count). The summed E-state index contributed by atoms with van der Waals surface area (Å²) in [5.74, 6) is 0.202. The number of fused-ring (bicyclic) bond motifs is 1. The normalized spacial score (nSPS) is 11.0. The lowest BCUT2D eigenvalue weighted by Gasteiger charge is -2.07. The van der Waals surface area contributed by atoms with E-state index in [-0.39, 0.29) is 12.4 Å². The van der Waals surface area contributed by atoms with Gasteiger partial charge in [0.1, 0.15) is 5.75 Å². The molecule has 118 valence electrons. The van der Waals surface area contributed by atoms with Crippen molar-refractivity contribution in [1.29, 1.82) is 0 Å². The van der Waals surface area contributed by atoms with Crippen LogP contribution in [0.1, 0.15) is 5.56 Å². The van der Waals surface area contributed by atoms with Crippen LogP contribution in [-0.2, 0) is 6.61 Å². The molecule has 0 amide bonds. The number of hydrogen-bond donors (Lipinski definition) is 3. The Morgan fingerprint density at radius 2 is 1.79 bits per heavy atom. The number of benzene rings is 2. The summed E-state index contributed by atoms with van der Waals surface area (Å²) in [6, 6.07) is 16.7. The molecule has 0 fully saturated rings. The van der Waals surface area contributed by atoms with Crippen molar-refractivity contribution >= 4 is 11.0 Å². The van der Waals surface area contributed by atoms with Crippen LogP contribution >= 0.6 is 0 Å². The summed E-state index contributed by atoms with van der Waals surface area (Å²) in [4.78, 5) is 4.32. The van der Waals surface area contributed by atoms with E-state index >= 15 is 0 Å². The van der Waals surface area contributed by atoms with E-state index in [1.165, 1.54) is 0 Å². The van der Waals surface area contributed by atoms with Crippen LogP contribution in [0, 0.1) is 0 Å². The maximum absolute atomic E-state index is 9.75. The van der Waals surface area contributed by atoms with Gasteiger partial charge in [-0.2, -0.15) is 5.10 Å². The topological polar surface area (TPSA) is 82.0 Å². The first-order valence-electron chi connectivity index (χ1n) is 7.59. The predicted octanol–water partition coefficient (Wildman–Crippen LogP) is 3.49. The number of aromatic nitrogens is 3. The second kappa shape index (κ2) is 5.79. The Kier molecular flexibility index (Phi) is 3.48. The fourth-order valence-electron chi connectivity index (χ4n) is 2.85. The van der Waals surface area contributed by atoms with E-state index in [0.717, 1.165) is 33.3 Å². The van der Waals surface area contributed by atoms with Gasteiger partial charge < -0.3 is 10.2 Å². The van der Waals surface area contributed by atoms with E-state index in [1.807, 2.05) is 36.4 Å². The number of pyridine rings is 1. The molecule has 0 aliphatic rings. The van der Waals surface area contributed by atoms with Gasteiger partial charge >= 0.3 is 0 Å². The molecule has 24 heavy (non-hydrogen) atoms. The first kappa shape index (κ1) is 14.4. The second-order valence-corrected chi connectivity index (χ2v) is 5.56. The van der Waals surface area contributed by atoms with Crippen molar-refractivity contribution in [2.75, 3.05) is 0 Å². The SMILES string of the molecule is OCc1ccc(-c2ccnc3n[nH]c(-c4cccc(O)c4)c23)cc1. The molecule has 3 N–H and O–H groups in total. The predicted molar refractivity (Wildman–Crippen MR) is 92.3 cm³/mol. The van der Waals surface area contributed by atoms with E-state index < -0.39 is 0 Å².